The summed E-state index contributed by atoms with van der Waals surface area (Å²) in [6, 6.07) is 13.6. The fourth-order valence-electron chi connectivity index (χ4n) is 3.37. The van der Waals surface area contributed by atoms with Crippen LogP contribution >= 0.6 is 0 Å². The Morgan fingerprint density at radius 1 is 1.04 bits per heavy atom. The molecule has 1 fully saturated rings. The molecule has 1 aliphatic rings. The summed E-state index contributed by atoms with van der Waals surface area (Å²) in [5.74, 6) is 2.54. The fourth-order valence-corrected chi connectivity index (χ4v) is 3.37. The lowest BCUT2D eigenvalue weighted by atomic mass is 9.98. The van der Waals surface area contributed by atoms with E-state index >= 15 is 0 Å². The first-order valence-corrected chi connectivity index (χ1v) is 9.72. The molecular formula is C22H29N3O3. The van der Waals surface area contributed by atoms with Crippen LogP contribution in [0.4, 0.5) is 5.69 Å². The van der Waals surface area contributed by atoms with Gasteiger partial charge in [0.15, 0.2) is 17.5 Å². The topological polar surface area (TPSA) is 78.1 Å². The number of aliphatic imine (C=N–C) groups is 1. The van der Waals surface area contributed by atoms with Crippen LogP contribution in [0, 0.1) is 0 Å². The highest BCUT2D eigenvalue weighted by Crippen LogP contribution is 2.29. The summed E-state index contributed by atoms with van der Waals surface area (Å²) >= 11 is 0. The Morgan fingerprint density at radius 2 is 1.82 bits per heavy atom. The Labute approximate surface area is 166 Å². The Morgan fingerprint density at radius 3 is 2.57 bits per heavy atom. The van der Waals surface area contributed by atoms with Gasteiger partial charge in [-0.25, -0.2) is 4.99 Å². The number of nitrogens with zero attached hydrogens (tertiary/aromatic N) is 1. The van der Waals surface area contributed by atoms with Crippen molar-refractivity contribution in [3.8, 4) is 17.2 Å². The quantitative estimate of drug-likeness (QED) is 0.549. The minimum Gasteiger partial charge on any atom is -0.493 e. The predicted octanol–water partition coefficient (Wildman–Crippen LogP) is 4.34. The molecule has 0 saturated heterocycles. The molecule has 0 heterocycles. The van der Waals surface area contributed by atoms with Gasteiger partial charge in [-0.3, -0.25) is 0 Å². The molecule has 150 valence electrons. The summed E-state index contributed by atoms with van der Waals surface area (Å²) in [6.45, 7) is 0.480. The van der Waals surface area contributed by atoms with Crippen LogP contribution in [0.5, 0.6) is 17.2 Å². The average molecular weight is 383 g/mol. The minimum atomic E-state index is 0.337. The molecule has 6 nitrogen and oxygen atoms in total. The summed E-state index contributed by atoms with van der Waals surface area (Å²) in [6.07, 6.45) is 6.46. The molecular weight excluding hydrogens is 354 g/mol. The monoisotopic (exact) mass is 383 g/mol. The van der Waals surface area contributed by atoms with Crippen molar-refractivity contribution in [1.82, 2.24) is 0 Å². The molecule has 3 N–H and O–H groups in total. The van der Waals surface area contributed by atoms with Gasteiger partial charge in [0.25, 0.3) is 0 Å². The Balaban J connectivity index is 1.59. The van der Waals surface area contributed by atoms with Crippen molar-refractivity contribution in [2.24, 2.45) is 10.7 Å². The molecule has 0 aliphatic heterocycles. The normalized spacial score (nSPS) is 15.1. The molecule has 2 aromatic rings. The standard InChI is InChI=1S/C22H29N3O3/c1-26-20-12-11-17(14-21(20)27-2)25-22(23)24-15-16-7-6-10-19(13-16)28-18-8-4-3-5-9-18/h6-7,10-14,18H,3-5,8-9,15H2,1-2H3,(H3,23,24,25). The summed E-state index contributed by atoms with van der Waals surface area (Å²) in [4.78, 5) is 4.43. The second-order valence-corrected chi connectivity index (χ2v) is 6.92. The number of ether oxygens (including phenoxy) is 3. The smallest absolute Gasteiger partial charge is 0.193 e. The molecule has 1 saturated carbocycles. The number of nitrogens with two attached hydrogens (primary N) is 1. The lowest BCUT2D eigenvalue weighted by Gasteiger charge is -2.23. The van der Waals surface area contributed by atoms with Gasteiger partial charge in [0.1, 0.15) is 5.75 Å². The van der Waals surface area contributed by atoms with E-state index in [1.807, 2.05) is 42.5 Å². The molecule has 0 spiro atoms. The predicted molar refractivity (Wildman–Crippen MR) is 112 cm³/mol. The highest BCUT2D eigenvalue weighted by atomic mass is 16.5. The zero-order valence-corrected chi connectivity index (χ0v) is 16.6. The number of hydrogen-bond acceptors (Lipinski definition) is 4. The Kier molecular flexibility index (Phi) is 7.00. The second-order valence-electron chi connectivity index (χ2n) is 6.92. The third kappa shape index (κ3) is 5.55. The van der Waals surface area contributed by atoms with Crippen molar-refractivity contribution in [2.45, 2.75) is 44.8 Å². The molecule has 0 amide bonds. The summed E-state index contributed by atoms with van der Waals surface area (Å²) in [7, 11) is 3.20. The summed E-state index contributed by atoms with van der Waals surface area (Å²) in [5, 5.41) is 3.08. The molecule has 28 heavy (non-hydrogen) atoms. The first-order chi connectivity index (χ1) is 13.7. The van der Waals surface area contributed by atoms with Gasteiger partial charge in [-0.15, -0.1) is 0 Å². The van der Waals surface area contributed by atoms with E-state index in [4.69, 9.17) is 19.9 Å². The van der Waals surface area contributed by atoms with E-state index in [0.29, 0.717) is 30.1 Å². The molecule has 0 bridgehead atoms. The maximum Gasteiger partial charge on any atom is 0.193 e. The number of hydrogen-bond donors (Lipinski definition) is 2. The van der Waals surface area contributed by atoms with Crippen LogP contribution in [0.25, 0.3) is 0 Å². The number of nitrogens with one attached hydrogen (secondary N) is 1. The number of anilines is 1. The Bertz CT molecular complexity index is 801. The van der Waals surface area contributed by atoms with Crippen LogP contribution < -0.4 is 25.3 Å². The lowest BCUT2D eigenvalue weighted by molar-refractivity contribution is 0.155. The van der Waals surface area contributed by atoms with Crippen molar-refractivity contribution < 1.29 is 14.2 Å². The highest BCUT2D eigenvalue weighted by Gasteiger charge is 2.14. The van der Waals surface area contributed by atoms with Gasteiger partial charge in [-0.05, 0) is 55.5 Å². The van der Waals surface area contributed by atoms with E-state index < -0.39 is 0 Å². The molecule has 0 atom stereocenters. The van der Waals surface area contributed by atoms with E-state index in [9.17, 15) is 0 Å². The SMILES string of the molecule is COc1ccc(NC(N)=NCc2cccc(OC3CCCCC3)c2)cc1OC. The van der Waals surface area contributed by atoms with Gasteiger partial charge in [-0.1, -0.05) is 18.6 Å². The van der Waals surface area contributed by atoms with Gasteiger partial charge in [-0.2, -0.15) is 0 Å². The third-order valence-electron chi connectivity index (χ3n) is 4.84. The van der Waals surface area contributed by atoms with Crippen molar-refractivity contribution in [1.29, 1.82) is 0 Å². The van der Waals surface area contributed by atoms with E-state index in [1.165, 1.54) is 19.3 Å². The van der Waals surface area contributed by atoms with E-state index in [-0.39, 0.29) is 0 Å². The molecule has 2 aromatic carbocycles. The highest BCUT2D eigenvalue weighted by molar-refractivity contribution is 5.92. The van der Waals surface area contributed by atoms with Crippen LogP contribution in [-0.2, 0) is 6.54 Å². The minimum absolute atomic E-state index is 0.337. The largest absolute Gasteiger partial charge is 0.493 e. The van der Waals surface area contributed by atoms with E-state index in [0.717, 1.165) is 29.8 Å². The first kappa shape index (κ1) is 19.9. The zero-order chi connectivity index (χ0) is 19.8. The number of guanidine groups is 1. The third-order valence-corrected chi connectivity index (χ3v) is 4.84. The fraction of sp³-hybridized carbons (Fsp3) is 0.409. The molecule has 0 aromatic heterocycles. The van der Waals surface area contributed by atoms with Crippen molar-refractivity contribution in [3.05, 3.63) is 48.0 Å². The van der Waals surface area contributed by atoms with E-state index in [1.54, 1.807) is 14.2 Å². The van der Waals surface area contributed by atoms with Crippen LogP contribution in [-0.4, -0.2) is 26.3 Å². The zero-order valence-electron chi connectivity index (χ0n) is 16.6. The van der Waals surface area contributed by atoms with Gasteiger partial charge >= 0.3 is 0 Å². The van der Waals surface area contributed by atoms with Gasteiger partial charge < -0.3 is 25.3 Å². The van der Waals surface area contributed by atoms with Crippen LogP contribution in [0.15, 0.2) is 47.5 Å². The summed E-state index contributed by atoms with van der Waals surface area (Å²) < 4.78 is 16.7. The van der Waals surface area contributed by atoms with E-state index in [2.05, 4.69) is 10.3 Å². The maximum atomic E-state index is 6.12. The van der Waals surface area contributed by atoms with Gasteiger partial charge in [0, 0.05) is 11.8 Å². The first-order valence-electron chi connectivity index (χ1n) is 9.72. The molecule has 1 aliphatic carbocycles. The maximum absolute atomic E-state index is 6.12. The molecule has 3 rings (SSSR count). The second kappa shape index (κ2) is 9.88. The molecule has 0 unspecified atom stereocenters. The lowest BCUT2D eigenvalue weighted by Crippen LogP contribution is -2.22. The number of benzene rings is 2. The van der Waals surface area contributed by atoms with Gasteiger partial charge in [0.05, 0.1) is 26.9 Å². The number of rotatable bonds is 7. The summed E-state index contributed by atoms with van der Waals surface area (Å²) in [5.41, 5.74) is 7.88. The van der Waals surface area contributed by atoms with Crippen molar-refractivity contribution >= 4 is 11.6 Å². The Hall–Kier alpha value is -2.89. The van der Waals surface area contributed by atoms with Crippen LogP contribution in [0.3, 0.4) is 0 Å². The van der Waals surface area contributed by atoms with Gasteiger partial charge in [0.2, 0.25) is 0 Å². The number of methoxy groups -OCH3 is 2. The molecule has 0 radical (unpaired) electrons. The van der Waals surface area contributed by atoms with Crippen molar-refractivity contribution in [2.75, 3.05) is 19.5 Å². The van der Waals surface area contributed by atoms with Crippen LogP contribution in [0.1, 0.15) is 37.7 Å². The average Bonchev–Trinajstić information content (AvgIpc) is 2.73. The van der Waals surface area contributed by atoms with Crippen molar-refractivity contribution in [3.63, 3.8) is 0 Å². The van der Waals surface area contributed by atoms with Crippen LogP contribution in [0.2, 0.25) is 0 Å². The molecule has 6 heteroatoms.